The van der Waals surface area contributed by atoms with E-state index in [4.69, 9.17) is 11.6 Å². The van der Waals surface area contributed by atoms with Crippen LogP contribution >= 0.6 is 23.4 Å². The molecule has 0 aromatic heterocycles. The number of hydrazine groups is 1. The Morgan fingerprint density at radius 3 is 2.62 bits per heavy atom. The zero-order chi connectivity index (χ0) is 17.7. The summed E-state index contributed by atoms with van der Waals surface area (Å²) in [6, 6.07) is 4.12. The van der Waals surface area contributed by atoms with Gasteiger partial charge in [-0.1, -0.05) is 11.6 Å². The van der Waals surface area contributed by atoms with E-state index >= 15 is 0 Å². The van der Waals surface area contributed by atoms with Crippen molar-refractivity contribution in [3.05, 3.63) is 29.0 Å². The van der Waals surface area contributed by atoms with Crippen molar-refractivity contribution in [2.75, 3.05) is 17.3 Å². The molecule has 2 amide bonds. The quantitative estimate of drug-likeness (QED) is 0.583. The number of hydrogen-bond donors (Lipinski definition) is 2. The summed E-state index contributed by atoms with van der Waals surface area (Å²) in [5.74, 6) is -1.48. The normalized spacial score (nSPS) is 19.0. The van der Waals surface area contributed by atoms with Crippen LogP contribution in [0.3, 0.4) is 0 Å². The number of amides is 2. The van der Waals surface area contributed by atoms with Gasteiger partial charge in [-0.3, -0.25) is 20.4 Å². The number of carbonyl (C=O) groups excluding carboxylic acids is 2. The Morgan fingerprint density at radius 1 is 1.29 bits per heavy atom. The third-order valence-electron chi connectivity index (χ3n) is 3.40. The fourth-order valence-corrected chi connectivity index (χ4v) is 5.08. The van der Waals surface area contributed by atoms with Gasteiger partial charge in [-0.05, 0) is 30.5 Å². The average molecular weight is 395 g/mol. The molecule has 6 nitrogen and oxygen atoms in total. The Balaban J connectivity index is 1.69. The van der Waals surface area contributed by atoms with Crippen LogP contribution in [0, 0.1) is 11.7 Å². The minimum absolute atomic E-state index is 0.00947. The van der Waals surface area contributed by atoms with Crippen molar-refractivity contribution in [3.8, 4) is 0 Å². The van der Waals surface area contributed by atoms with Crippen LogP contribution in [0.5, 0.6) is 0 Å². The molecule has 0 aliphatic carbocycles. The molecule has 0 unspecified atom stereocenters. The summed E-state index contributed by atoms with van der Waals surface area (Å²) in [6.45, 7) is 0. The van der Waals surface area contributed by atoms with Crippen LogP contribution in [0.2, 0.25) is 5.02 Å². The summed E-state index contributed by atoms with van der Waals surface area (Å²) in [5, 5.41) is -0.0276. The highest BCUT2D eigenvalue weighted by molar-refractivity contribution is 8.00. The first-order valence-electron chi connectivity index (χ1n) is 7.11. The first-order valence-corrected chi connectivity index (χ1v) is 10.3. The molecule has 132 valence electrons. The van der Waals surface area contributed by atoms with E-state index in [2.05, 4.69) is 10.9 Å². The molecular formula is C14H16ClFN2O4S2. The Labute approximate surface area is 148 Å². The first kappa shape index (κ1) is 19.0. The number of carbonyl (C=O) groups is 2. The minimum atomic E-state index is -3.03. The van der Waals surface area contributed by atoms with Crippen LogP contribution in [0.1, 0.15) is 12.8 Å². The van der Waals surface area contributed by atoms with Crippen LogP contribution in [0.4, 0.5) is 4.39 Å². The number of halogens is 2. The maximum atomic E-state index is 13.0. The topological polar surface area (TPSA) is 92.3 Å². The predicted octanol–water partition coefficient (Wildman–Crippen LogP) is 1.54. The zero-order valence-corrected chi connectivity index (χ0v) is 14.9. The van der Waals surface area contributed by atoms with Crippen molar-refractivity contribution >= 4 is 45.0 Å². The lowest BCUT2D eigenvalue weighted by atomic mass is 10.1. The highest BCUT2D eigenvalue weighted by Gasteiger charge is 2.29. The second kappa shape index (κ2) is 8.17. The van der Waals surface area contributed by atoms with Crippen molar-refractivity contribution in [1.82, 2.24) is 10.9 Å². The van der Waals surface area contributed by atoms with Crippen LogP contribution < -0.4 is 10.9 Å². The highest BCUT2D eigenvalue weighted by atomic mass is 35.5. The molecule has 24 heavy (non-hydrogen) atoms. The smallest absolute Gasteiger partial charge is 0.248 e. The van der Waals surface area contributed by atoms with E-state index in [1.807, 2.05) is 0 Å². The molecule has 1 aromatic carbocycles. The molecule has 1 atom stereocenters. The lowest BCUT2D eigenvalue weighted by Gasteiger charge is -2.10. The molecule has 1 fully saturated rings. The molecule has 0 bridgehead atoms. The van der Waals surface area contributed by atoms with Crippen LogP contribution in [-0.4, -0.2) is 37.5 Å². The summed E-state index contributed by atoms with van der Waals surface area (Å²) in [6.07, 6.45) is 0.519. The SMILES string of the molecule is O=C(CSc1ccc(F)c(Cl)c1)NNC(=O)C[C@@H]1CCS(=O)(=O)C1. The van der Waals surface area contributed by atoms with Crippen LogP contribution in [0.25, 0.3) is 0 Å². The van der Waals surface area contributed by atoms with E-state index in [-0.39, 0.29) is 34.6 Å². The van der Waals surface area contributed by atoms with Gasteiger partial charge in [0.1, 0.15) is 5.82 Å². The van der Waals surface area contributed by atoms with Gasteiger partial charge in [0.2, 0.25) is 11.8 Å². The Hall–Kier alpha value is -1.32. The van der Waals surface area contributed by atoms with Crippen molar-refractivity contribution < 1.29 is 22.4 Å². The molecular weight excluding hydrogens is 379 g/mol. The second-order valence-electron chi connectivity index (χ2n) is 5.43. The fourth-order valence-electron chi connectivity index (χ4n) is 2.24. The first-order chi connectivity index (χ1) is 11.2. The molecule has 1 heterocycles. The Bertz CT molecular complexity index is 742. The van der Waals surface area contributed by atoms with Crippen molar-refractivity contribution in [3.63, 3.8) is 0 Å². The molecule has 2 rings (SSSR count). The van der Waals surface area contributed by atoms with Crippen LogP contribution in [0.15, 0.2) is 23.1 Å². The highest BCUT2D eigenvalue weighted by Crippen LogP contribution is 2.24. The van der Waals surface area contributed by atoms with E-state index < -0.39 is 27.5 Å². The number of nitrogens with one attached hydrogen (secondary N) is 2. The van der Waals surface area contributed by atoms with E-state index in [0.29, 0.717) is 11.3 Å². The molecule has 1 aliphatic heterocycles. The van der Waals surface area contributed by atoms with E-state index in [9.17, 15) is 22.4 Å². The lowest BCUT2D eigenvalue weighted by Crippen LogP contribution is -2.43. The number of hydrogen-bond acceptors (Lipinski definition) is 5. The molecule has 10 heteroatoms. The summed E-state index contributed by atoms with van der Waals surface area (Å²) in [7, 11) is -3.03. The van der Waals surface area contributed by atoms with Crippen LogP contribution in [-0.2, 0) is 19.4 Å². The number of benzene rings is 1. The largest absolute Gasteiger partial charge is 0.273 e. The summed E-state index contributed by atoms with van der Waals surface area (Å²) >= 11 is 6.79. The van der Waals surface area contributed by atoms with Gasteiger partial charge in [0.25, 0.3) is 0 Å². The van der Waals surface area contributed by atoms with Gasteiger partial charge in [-0.2, -0.15) is 0 Å². The molecule has 0 radical (unpaired) electrons. The average Bonchev–Trinajstić information content (AvgIpc) is 2.85. The van der Waals surface area contributed by atoms with E-state index in [0.717, 1.165) is 11.8 Å². The van der Waals surface area contributed by atoms with E-state index in [1.54, 1.807) is 0 Å². The Kier molecular flexibility index (Phi) is 6.47. The van der Waals surface area contributed by atoms with Gasteiger partial charge in [0, 0.05) is 11.3 Å². The summed E-state index contributed by atoms with van der Waals surface area (Å²) in [5.41, 5.74) is 4.52. The van der Waals surface area contributed by atoms with Crippen molar-refractivity contribution in [2.24, 2.45) is 5.92 Å². The molecule has 2 N–H and O–H groups in total. The van der Waals surface area contributed by atoms with E-state index in [1.165, 1.54) is 18.2 Å². The lowest BCUT2D eigenvalue weighted by molar-refractivity contribution is -0.128. The van der Waals surface area contributed by atoms with Gasteiger partial charge in [-0.15, -0.1) is 11.8 Å². The molecule has 1 aliphatic rings. The maximum absolute atomic E-state index is 13.0. The third-order valence-corrected chi connectivity index (χ3v) is 6.52. The Morgan fingerprint density at radius 2 is 2.00 bits per heavy atom. The molecule has 1 saturated heterocycles. The number of rotatable bonds is 5. The summed E-state index contributed by atoms with van der Waals surface area (Å²) in [4.78, 5) is 24.0. The molecule has 1 aromatic rings. The summed E-state index contributed by atoms with van der Waals surface area (Å²) < 4.78 is 35.6. The zero-order valence-electron chi connectivity index (χ0n) is 12.6. The molecule has 0 spiro atoms. The van der Waals surface area contributed by atoms with Gasteiger partial charge in [0.05, 0.1) is 22.3 Å². The van der Waals surface area contributed by atoms with Gasteiger partial charge < -0.3 is 0 Å². The maximum Gasteiger partial charge on any atom is 0.248 e. The third kappa shape index (κ3) is 5.95. The monoisotopic (exact) mass is 394 g/mol. The fraction of sp³-hybridized carbons (Fsp3) is 0.429. The number of thioether (sulfide) groups is 1. The second-order valence-corrected chi connectivity index (χ2v) is 9.12. The molecule has 0 saturated carbocycles. The standard InChI is InChI=1S/C14H16ClFN2O4S2/c15-11-6-10(1-2-12(11)16)23-7-14(20)18-17-13(19)5-9-3-4-24(21,22)8-9/h1-2,6,9H,3-5,7-8H2,(H,17,19)(H,18,20)/t9-/m0/s1. The number of sulfone groups is 1. The van der Waals surface area contributed by atoms with Gasteiger partial charge in [0.15, 0.2) is 9.84 Å². The van der Waals surface area contributed by atoms with Crippen molar-refractivity contribution in [1.29, 1.82) is 0 Å². The van der Waals surface area contributed by atoms with Gasteiger partial charge in [-0.25, -0.2) is 12.8 Å². The predicted molar refractivity (Wildman–Crippen MR) is 89.8 cm³/mol. The van der Waals surface area contributed by atoms with Crippen molar-refractivity contribution in [2.45, 2.75) is 17.7 Å². The minimum Gasteiger partial charge on any atom is -0.273 e. The van der Waals surface area contributed by atoms with Gasteiger partial charge >= 0.3 is 0 Å².